The molecule has 0 bridgehead atoms. The summed E-state index contributed by atoms with van der Waals surface area (Å²) in [4.78, 5) is 28.6. The zero-order chi connectivity index (χ0) is 28.7. The number of carbonyl (C=O) groups is 2. The number of anilines is 1. The smallest absolute Gasteiger partial charge is 0.310 e. The van der Waals surface area contributed by atoms with E-state index in [4.69, 9.17) is 10.2 Å². The second-order valence-electron chi connectivity index (χ2n) is 8.87. The Morgan fingerprint density at radius 1 is 1.10 bits per heavy atom. The lowest BCUT2D eigenvalue weighted by atomic mass is 10.00. The van der Waals surface area contributed by atoms with Gasteiger partial charge in [-0.05, 0) is 41.7 Å². The number of aliphatic hydroxyl groups excluding tert-OH is 1. The molecule has 0 spiro atoms. The van der Waals surface area contributed by atoms with Crippen LogP contribution in [-0.2, 0) is 29.4 Å². The first-order valence-electron chi connectivity index (χ1n) is 11.9. The van der Waals surface area contributed by atoms with Crippen molar-refractivity contribution in [2.24, 2.45) is 5.73 Å². The van der Waals surface area contributed by atoms with Crippen LogP contribution in [0.1, 0.15) is 44.7 Å². The van der Waals surface area contributed by atoms with Gasteiger partial charge in [0.15, 0.2) is 5.69 Å². The van der Waals surface area contributed by atoms with Gasteiger partial charge in [-0.1, -0.05) is 31.2 Å². The number of halogens is 2. The van der Waals surface area contributed by atoms with E-state index < -0.39 is 63.1 Å². The number of aliphatic hydroxyl groups is 1. The zero-order valence-electron chi connectivity index (χ0n) is 21.2. The van der Waals surface area contributed by atoms with E-state index in [9.17, 15) is 31.9 Å². The van der Waals surface area contributed by atoms with Crippen LogP contribution in [0.25, 0.3) is 0 Å². The maximum Gasteiger partial charge on any atom is 0.310 e. The third kappa shape index (κ3) is 8.84. The summed E-state index contributed by atoms with van der Waals surface area (Å²) in [6.07, 6.45) is 0.182. The Morgan fingerprint density at radius 2 is 1.77 bits per heavy atom. The van der Waals surface area contributed by atoms with Crippen molar-refractivity contribution in [1.29, 1.82) is 0 Å². The van der Waals surface area contributed by atoms with Gasteiger partial charge in [-0.3, -0.25) is 9.59 Å². The molecule has 2 amide bonds. The van der Waals surface area contributed by atoms with Crippen LogP contribution in [-0.4, -0.2) is 55.3 Å². The molecular weight excluding hydrogens is 536 g/mol. The van der Waals surface area contributed by atoms with Crippen LogP contribution >= 0.6 is 0 Å². The van der Waals surface area contributed by atoms with Gasteiger partial charge in [0.25, 0.3) is 11.8 Å². The summed E-state index contributed by atoms with van der Waals surface area (Å²) in [6, 6.07) is 8.81. The third-order valence-electron chi connectivity index (χ3n) is 5.58. The van der Waals surface area contributed by atoms with Crippen molar-refractivity contribution in [3.05, 3.63) is 82.2 Å². The van der Waals surface area contributed by atoms with E-state index in [0.717, 1.165) is 35.9 Å². The van der Waals surface area contributed by atoms with Crippen molar-refractivity contribution < 1.29 is 36.3 Å². The zero-order valence-corrected chi connectivity index (χ0v) is 22.0. The van der Waals surface area contributed by atoms with Crippen LogP contribution in [0.2, 0.25) is 0 Å². The van der Waals surface area contributed by atoms with Crippen LogP contribution in [0.4, 0.5) is 14.8 Å². The van der Waals surface area contributed by atoms with Crippen LogP contribution < -0.4 is 21.1 Å². The van der Waals surface area contributed by atoms with Gasteiger partial charge in [-0.2, -0.15) is 4.98 Å². The highest BCUT2D eigenvalue weighted by molar-refractivity contribution is 7.91. The number of nitrogens with one attached hydrogen (secondary N) is 3. The fourth-order valence-corrected chi connectivity index (χ4v) is 4.22. The molecule has 0 fully saturated rings. The molecule has 0 aliphatic rings. The second kappa shape index (κ2) is 12.8. The molecule has 3 rings (SSSR count). The molecule has 1 heterocycles. The van der Waals surface area contributed by atoms with Crippen LogP contribution in [0.3, 0.4) is 0 Å². The molecule has 0 aliphatic heterocycles. The minimum Gasteiger partial charge on any atom is -0.417 e. The first kappa shape index (κ1) is 29.7. The Labute approximate surface area is 223 Å². The molecule has 0 saturated heterocycles. The van der Waals surface area contributed by atoms with Gasteiger partial charge in [0, 0.05) is 19.2 Å². The highest BCUT2D eigenvalue weighted by Gasteiger charge is 2.29. The third-order valence-corrected chi connectivity index (χ3v) is 6.13. The second-order valence-corrected chi connectivity index (χ2v) is 10.6. The van der Waals surface area contributed by atoms with Crippen molar-refractivity contribution in [2.75, 3.05) is 17.5 Å². The van der Waals surface area contributed by atoms with Gasteiger partial charge in [0.2, 0.25) is 15.8 Å². The number of hydrogen-bond acceptors (Lipinski definition) is 8. The molecule has 0 aliphatic carbocycles. The lowest BCUT2D eigenvalue weighted by Gasteiger charge is -2.24. The van der Waals surface area contributed by atoms with Gasteiger partial charge in [0.1, 0.15) is 11.6 Å². The minimum atomic E-state index is -3.86. The summed E-state index contributed by atoms with van der Waals surface area (Å²) in [7, 11) is -3.86. The Bertz CT molecular complexity index is 1430. The SMILES string of the molecule is CCc1cccc(CNC[C@@H](O)C(Cc2cc(F)cc(F)c2)NC(=O)c2nc(NS(C)(=O)=O)oc2C(N)=O)c1. The molecule has 39 heavy (non-hydrogen) atoms. The largest absolute Gasteiger partial charge is 0.417 e. The highest BCUT2D eigenvalue weighted by Crippen LogP contribution is 2.18. The van der Waals surface area contributed by atoms with E-state index in [2.05, 4.69) is 15.6 Å². The number of sulfonamides is 1. The van der Waals surface area contributed by atoms with Crippen LogP contribution in [0.5, 0.6) is 0 Å². The minimum absolute atomic E-state index is 0.0263. The quantitative estimate of drug-likeness (QED) is 0.207. The molecule has 0 saturated carbocycles. The van der Waals surface area contributed by atoms with Crippen molar-refractivity contribution in [3.63, 3.8) is 0 Å². The summed E-state index contributed by atoms with van der Waals surface area (Å²) < 4.78 is 57.5. The fourth-order valence-electron chi connectivity index (χ4n) is 3.81. The number of aromatic nitrogens is 1. The fraction of sp³-hybridized carbons (Fsp3) is 0.320. The van der Waals surface area contributed by atoms with E-state index in [0.29, 0.717) is 12.6 Å². The molecule has 14 heteroatoms. The number of nitrogens with two attached hydrogens (primary N) is 1. The lowest BCUT2D eigenvalue weighted by Crippen LogP contribution is -2.49. The highest BCUT2D eigenvalue weighted by atomic mass is 32.2. The Balaban J connectivity index is 1.81. The number of carbonyl (C=O) groups excluding carboxylic acids is 2. The molecule has 1 aromatic heterocycles. The summed E-state index contributed by atoms with van der Waals surface area (Å²) >= 11 is 0. The number of hydrogen-bond donors (Lipinski definition) is 5. The number of nitrogens with zero attached hydrogens (tertiary/aromatic N) is 1. The normalized spacial score (nSPS) is 13.1. The average Bonchev–Trinajstić information content (AvgIpc) is 3.25. The lowest BCUT2D eigenvalue weighted by molar-refractivity contribution is 0.0817. The predicted octanol–water partition coefficient (Wildman–Crippen LogP) is 1.48. The van der Waals surface area contributed by atoms with Gasteiger partial charge in [-0.25, -0.2) is 21.9 Å². The van der Waals surface area contributed by atoms with Crippen molar-refractivity contribution >= 4 is 27.9 Å². The molecule has 2 atom stereocenters. The summed E-state index contributed by atoms with van der Waals surface area (Å²) in [5.74, 6) is -4.65. The number of primary amides is 1. The van der Waals surface area contributed by atoms with Crippen molar-refractivity contribution in [2.45, 2.75) is 38.5 Å². The molecule has 0 radical (unpaired) electrons. The van der Waals surface area contributed by atoms with Crippen molar-refractivity contribution in [1.82, 2.24) is 15.6 Å². The monoisotopic (exact) mass is 565 g/mol. The number of aryl methyl sites for hydroxylation is 1. The van der Waals surface area contributed by atoms with E-state index in [1.165, 1.54) is 0 Å². The van der Waals surface area contributed by atoms with Gasteiger partial charge in [0.05, 0.1) is 18.4 Å². The van der Waals surface area contributed by atoms with E-state index in [1.807, 2.05) is 35.9 Å². The Morgan fingerprint density at radius 3 is 2.38 bits per heavy atom. The maximum atomic E-state index is 13.8. The molecule has 1 unspecified atom stereocenters. The number of amides is 2. The Kier molecular flexibility index (Phi) is 9.72. The molecule has 11 nitrogen and oxygen atoms in total. The molecule has 3 aromatic rings. The molecule has 2 aromatic carbocycles. The first-order valence-corrected chi connectivity index (χ1v) is 13.7. The van der Waals surface area contributed by atoms with E-state index in [-0.39, 0.29) is 18.5 Å². The maximum absolute atomic E-state index is 13.8. The number of rotatable bonds is 13. The predicted molar refractivity (Wildman–Crippen MR) is 138 cm³/mol. The summed E-state index contributed by atoms with van der Waals surface area (Å²) in [6.45, 7) is 2.40. The molecule has 210 valence electrons. The molecular formula is C25H29F2N5O6S. The van der Waals surface area contributed by atoms with Crippen LogP contribution in [0, 0.1) is 11.6 Å². The average molecular weight is 566 g/mol. The van der Waals surface area contributed by atoms with Crippen LogP contribution in [0.15, 0.2) is 46.9 Å². The number of benzene rings is 2. The van der Waals surface area contributed by atoms with E-state index >= 15 is 0 Å². The van der Waals surface area contributed by atoms with E-state index in [1.54, 1.807) is 0 Å². The van der Waals surface area contributed by atoms with Gasteiger partial charge >= 0.3 is 6.01 Å². The van der Waals surface area contributed by atoms with Gasteiger partial charge in [-0.15, -0.1) is 0 Å². The first-order chi connectivity index (χ1) is 18.3. The number of oxazole rings is 1. The summed E-state index contributed by atoms with van der Waals surface area (Å²) in [5.41, 5.74) is 6.85. The van der Waals surface area contributed by atoms with Gasteiger partial charge < -0.3 is 25.9 Å². The Hall–Kier alpha value is -3.88. The standard InChI is InChI=1S/C25H29F2N5O6S/c1-3-14-5-4-6-15(7-14)12-29-13-20(33)19(10-16-8-17(26)11-18(27)9-16)30-24(35)21-22(23(28)34)38-25(31-21)32-39(2,36)37/h4-9,11,19-20,29,33H,3,10,12-13H2,1-2H3,(H2,28,34)(H,30,35)(H,31,32)/t19?,20-/m1/s1. The molecule has 6 N–H and O–H groups in total. The topological polar surface area (TPSA) is 177 Å². The summed E-state index contributed by atoms with van der Waals surface area (Å²) in [5, 5.41) is 16.5. The van der Waals surface area contributed by atoms with Crippen molar-refractivity contribution in [3.8, 4) is 0 Å².